The number of hydrogen-bond acceptors (Lipinski definition) is 5. The maximum atomic E-state index is 12.0. The second-order valence-corrected chi connectivity index (χ2v) is 7.90. The predicted octanol–water partition coefficient (Wildman–Crippen LogP) is 1.44. The first-order valence-electron chi connectivity index (χ1n) is 8.23. The van der Waals surface area contributed by atoms with Gasteiger partial charge >= 0.3 is 6.03 Å². The number of nitrogens with one attached hydrogen (secondary N) is 3. The summed E-state index contributed by atoms with van der Waals surface area (Å²) in [6, 6.07) is 6.82. The molecule has 0 bridgehead atoms. The summed E-state index contributed by atoms with van der Waals surface area (Å²) < 4.78 is 0. The molecule has 0 radical (unpaired) electrons. The van der Waals surface area contributed by atoms with E-state index < -0.39 is 17.5 Å². The first kappa shape index (κ1) is 21.0. The van der Waals surface area contributed by atoms with Crippen LogP contribution in [0, 0.1) is 0 Å². The minimum Gasteiger partial charge on any atom is -0.324 e. The molecule has 1 aromatic carbocycles. The maximum Gasteiger partial charge on any atom is 0.325 e. The van der Waals surface area contributed by atoms with Crippen LogP contribution < -0.4 is 16.2 Å². The molecule has 1 aliphatic heterocycles. The van der Waals surface area contributed by atoms with Gasteiger partial charge in [0.15, 0.2) is 0 Å². The normalized spacial score (nSPS) is 15.4. The third-order valence-corrected chi connectivity index (χ3v) is 4.98. The molecule has 10 heteroatoms. The van der Waals surface area contributed by atoms with Crippen molar-refractivity contribution in [3.05, 3.63) is 34.9 Å². The fraction of sp³-hybridized carbons (Fsp3) is 0.412. The van der Waals surface area contributed by atoms with Crippen LogP contribution in [0.5, 0.6) is 0 Å². The van der Waals surface area contributed by atoms with E-state index in [1.54, 1.807) is 19.9 Å². The van der Waals surface area contributed by atoms with Crippen LogP contribution in [0.15, 0.2) is 24.3 Å². The molecule has 1 fully saturated rings. The monoisotopic (exact) mass is 412 g/mol. The highest BCUT2D eigenvalue weighted by molar-refractivity contribution is 7.99. The molecular formula is C17H21ClN4O4S. The molecule has 0 atom stereocenters. The van der Waals surface area contributed by atoms with Gasteiger partial charge in [0.25, 0.3) is 5.91 Å². The first-order valence-corrected chi connectivity index (χ1v) is 9.76. The Balaban J connectivity index is 1.64. The molecule has 1 heterocycles. The number of hydrogen-bond donors (Lipinski definition) is 3. The Kier molecular flexibility index (Phi) is 7.09. The highest BCUT2D eigenvalue weighted by atomic mass is 35.5. The van der Waals surface area contributed by atoms with Crippen LogP contribution in [0.1, 0.15) is 25.8 Å². The Bertz CT molecular complexity index is 756. The molecule has 1 aromatic rings. The molecule has 1 saturated heterocycles. The van der Waals surface area contributed by atoms with Crippen LogP contribution in [0.25, 0.3) is 0 Å². The van der Waals surface area contributed by atoms with Crippen molar-refractivity contribution in [1.82, 2.24) is 21.1 Å². The van der Waals surface area contributed by atoms with Crippen molar-refractivity contribution in [2.45, 2.75) is 31.6 Å². The Hall–Kier alpha value is -2.26. The number of thioether (sulfide) groups is 1. The third kappa shape index (κ3) is 6.14. The van der Waals surface area contributed by atoms with Crippen molar-refractivity contribution in [1.29, 1.82) is 0 Å². The molecule has 0 aliphatic carbocycles. The summed E-state index contributed by atoms with van der Waals surface area (Å²) in [6.07, 6.45) is -0.106. The number of carbonyl (C=O) groups is 4. The summed E-state index contributed by atoms with van der Waals surface area (Å²) in [5, 5.41) is 3.17. The molecule has 0 saturated carbocycles. The van der Waals surface area contributed by atoms with E-state index in [0.29, 0.717) is 10.8 Å². The molecule has 8 nitrogen and oxygen atoms in total. The Labute approximate surface area is 166 Å². The number of carbonyl (C=O) groups excluding carboxylic acids is 4. The molecule has 2 rings (SSSR count). The number of benzene rings is 1. The predicted molar refractivity (Wildman–Crippen MR) is 103 cm³/mol. The van der Waals surface area contributed by atoms with E-state index in [-0.39, 0.29) is 30.5 Å². The van der Waals surface area contributed by atoms with Crippen LogP contribution in [-0.4, -0.2) is 46.5 Å². The minimum absolute atomic E-state index is 0.0562. The van der Waals surface area contributed by atoms with Crippen LogP contribution in [0.4, 0.5) is 4.79 Å². The van der Waals surface area contributed by atoms with Gasteiger partial charge in [-0.25, -0.2) is 4.79 Å². The summed E-state index contributed by atoms with van der Waals surface area (Å²) in [6.45, 7) is 3.13. The van der Waals surface area contributed by atoms with Gasteiger partial charge in [-0.1, -0.05) is 23.7 Å². The number of amides is 5. The second-order valence-electron chi connectivity index (χ2n) is 6.48. The van der Waals surface area contributed by atoms with Gasteiger partial charge < -0.3 is 5.32 Å². The fourth-order valence-corrected chi connectivity index (χ4v) is 3.35. The lowest BCUT2D eigenvalue weighted by Crippen LogP contribution is -2.44. The second kappa shape index (κ2) is 9.09. The van der Waals surface area contributed by atoms with Crippen LogP contribution in [0.2, 0.25) is 5.02 Å². The van der Waals surface area contributed by atoms with E-state index in [2.05, 4.69) is 16.2 Å². The zero-order valence-electron chi connectivity index (χ0n) is 15.0. The van der Waals surface area contributed by atoms with E-state index in [0.717, 1.165) is 10.5 Å². The van der Waals surface area contributed by atoms with Crippen molar-refractivity contribution in [2.75, 3.05) is 12.3 Å². The molecule has 5 amide bonds. The number of urea groups is 1. The van der Waals surface area contributed by atoms with Crippen molar-refractivity contribution in [3.63, 3.8) is 0 Å². The summed E-state index contributed by atoms with van der Waals surface area (Å²) in [4.78, 5) is 48.3. The van der Waals surface area contributed by atoms with Crippen LogP contribution in [-0.2, 0) is 20.1 Å². The maximum absolute atomic E-state index is 12.0. The Morgan fingerprint density at radius 2 is 1.93 bits per heavy atom. The topological polar surface area (TPSA) is 108 Å². The quantitative estimate of drug-likeness (QED) is 0.464. The zero-order chi connectivity index (χ0) is 20.0. The lowest BCUT2D eigenvalue weighted by Gasteiger charge is -2.15. The molecule has 0 unspecified atom stereocenters. The lowest BCUT2D eigenvalue weighted by atomic mass is 10.1. The van der Waals surface area contributed by atoms with E-state index in [4.69, 9.17) is 11.6 Å². The summed E-state index contributed by atoms with van der Waals surface area (Å²) >= 11 is 7.28. The molecular weight excluding hydrogens is 392 g/mol. The Morgan fingerprint density at radius 3 is 2.56 bits per heavy atom. The minimum atomic E-state index is -0.970. The van der Waals surface area contributed by atoms with Crippen molar-refractivity contribution in [3.8, 4) is 0 Å². The van der Waals surface area contributed by atoms with Gasteiger partial charge in [0.05, 0.1) is 5.75 Å². The van der Waals surface area contributed by atoms with Gasteiger partial charge in [-0.05, 0) is 31.5 Å². The van der Waals surface area contributed by atoms with Crippen LogP contribution >= 0.6 is 23.4 Å². The number of rotatable bonds is 7. The van der Waals surface area contributed by atoms with E-state index in [9.17, 15) is 19.2 Å². The van der Waals surface area contributed by atoms with Crippen molar-refractivity contribution < 1.29 is 19.2 Å². The van der Waals surface area contributed by atoms with Gasteiger partial charge in [0.1, 0.15) is 5.54 Å². The third-order valence-electron chi connectivity index (χ3n) is 3.74. The standard InChI is InChI=1S/C17H21ClN4O4S/c1-17(2)15(25)22(16(26)19-17)7-6-13(23)20-21-14(24)10-27-9-11-4-3-5-12(18)8-11/h3-5,8H,6-7,9-10H2,1-2H3,(H,19,26)(H,20,23)(H,21,24). The molecule has 27 heavy (non-hydrogen) atoms. The number of halogens is 1. The van der Waals surface area contributed by atoms with Crippen LogP contribution in [0.3, 0.4) is 0 Å². The molecule has 1 aliphatic rings. The average Bonchev–Trinajstić information content (AvgIpc) is 2.79. The average molecular weight is 413 g/mol. The smallest absolute Gasteiger partial charge is 0.324 e. The Morgan fingerprint density at radius 1 is 1.22 bits per heavy atom. The van der Waals surface area contributed by atoms with Gasteiger partial charge in [-0.3, -0.25) is 30.1 Å². The molecule has 0 aromatic heterocycles. The highest BCUT2D eigenvalue weighted by Crippen LogP contribution is 2.17. The number of nitrogens with zero attached hydrogens (tertiary/aromatic N) is 1. The first-order chi connectivity index (χ1) is 12.7. The lowest BCUT2D eigenvalue weighted by molar-refractivity contribution is -0.131. The number of hydrazine groups is 1. The van der Waals surface area contributed by atoms with E-state index >= 15 is 0 Å². The van der Waals surface area contributed by atoms with E-state index in [1.165, 1.54) is 11.8 Å². The molecule has 0 spiro atoms. The van der Waals surface area contributed by atoms with Gasteiger partial charge in [0.2, 0.25) is 11.8 Å². The van der Waals surface area contributed by atoms with Gasteiger partial charge in [-0.15, -0.1) is 11.8 Å². The number of imide groups is 1. The van der Waals surface area contributed by atoms with E-state index in [1.807, 2.05) is 18.2 Å². The zero-order valence-corrected chi connectivity index (χ0v) is 16.6. The van der Waals surface area contributed by atoms with Gasteiger partial charge in [0, 0.05) is 23.7 Å². The molecule has 3 N–H and O–H groups in total. The highest BCUT2D eigenvalue weighted by Gasteiger charge is 2.43. The summed E-state index contributed by atoms with van der Waals surface area (Å²) in [5.41, 5.74) is 4.61. The summed E-state index contributed by atoms with van der Waals surface area (Å²) in [7, 11) is 0. The van der Waals surface area contributed by atoms with Crippen molar-refractivity contribution >= 4 is 47.1 Å². The van der Waals surface area contributed by atoms with Gasteiger partial charge in [-0.2, -0.15) is 0 Å². The largest absolute Gasteiger partial charge is 0.325 e. The summed E-state index contributed by atoms with van der Waals surface area (Å²) in [5.74, 6) is -0.459. The SMILES string of the molecule is CC1(C)NC(=O)N(CCC(=O)NNC(=O)CSCc2cccc(Cl)c2)C1=O. The molecule has 146 valence electrons. The van der Waals surface area contributed by atoms with Crippen molar-refractivity contribution in [2.24, 2.45) is 0 Å². The fourth-order valence-electron chi connectivity index (χ4n) is 2.36.